The third-order valence-electron chi connectivity index (χ3n) is 18.3. The lowest BCUT2D eigenvalue weighted by Gasteiger charge is -2.62. The van der Waals surface area contributed by atoms with E-state index in [1.165, 1.54) is 12.8 Å². The Bertz CT molecular complexity index is 3260. The summed E-state index contributed by atoms with van der Waals surface area (Å²) >= 11 is 0. The second-order valence-electron chi connectivity index (χ2n) is 24.8. The van der Waals surface area contributed by atoms with Crippen LogP contribution in [0.15, 0.2) is 54.7 Å². The minimum Gasteiger partial charge on any atom is -0.468 e. The van der Waals surface area contributed by atoms with E-state index in [0.29, 0.717) is 72.2 Å². The fourth-order valence-corrected chi connectivity index (χ4v) is 14.0. The van der Waals surface area contributed by atoms with Gasteiger partial charge in [0.2, 0.25) is 11.8 Å². The van der Waals surface area contributed by atoms with E-state index < -0.39 is 17.5 Å². The largest absolute Gasteiger partial charge is 0.468 e. The number of carbonyl (C=O) groups is 4. The number of aromatic nitrogens is 3. The maximum atomic E-state index is 17.7. The van der Waals surface area contributed by atoms with E-state index in [0.717, 1.165) is 106 Å². The molecule has 7 fully saturated rings. The summed E-state index contributed by atoms with van der Waals surface area (Å²) in [5, 5.41) is 4.68. The molecule has 2 aliphatic carbocycles. The van der Waals surface area contributed by atoms with Crippen molar-refractivity contribution in [1.29, 1.82) is 0 Å². The minimum atomic E-state index is -0.622. The Labute approximate surface area is 459 Å². The average Bonchev–Trinajstić information content (AvgIpc) is 4.21. The van der Waals surface area contributed by atoms with Crippen molar-refractivity contribution >= 4 is 57.0 Å². The number of rotatable bonds is 14. The van der Waals surface area contributed by atoms with Gasteiger partial charge in [-0.3, -0.25) is 34.5 Å². The van der Waals surface area contributed by atoms with Gasteiger partial charge in [0.15, 0.2) is 12.6 Å². The second kappa shape index (κ2) is 19.8. The summed E-state index contributed by atoms with van der Waals surface area (Å²) in [6, 6.07) is 15.8. The number of nitrogens with one attached hydrogen (secondary N) is 1. The maximum absolute atomic E-state index is 17.7. The average molecular weight is 1080 g/mol. The standard InChI is InChI=1S/C60H71FN10O8/c1-6-36-8-7-9-37-23-43(78-35-76-5)24-45(49(36)37)51-50(61)52-46(27-62-51)53(68-29-40-10-11-41(30-68)71(40)57(75)79-58(2,3)4)65-56(64-52)77-34-59(16-17-59)31-66-18-20-67(21-19-66)42-25-60(26-42)32-69(33-60)39-12-13-44-38(22-39)28-70(55(44)74)47-14-15-48(72)63-54(47)73/h7-9,12-13,22-24,27,40-42,47H,6,10-11,14-21,25-26,28-35H2,1-5H3,(H,63,72,73). The molecule has 3 atom stereocenters. The van der Waals surface area contributed by atoms with E-state index in [9.17, 15) is 19.2 Å². The molecule has 6 aliphatic heterocycles. The zero-order chi connectivity index (χ0) is 54.5. The van der Waals surface area contributed by atoms with E-state index in [1.54, 1.807) is 18.2 Å². The van der Waals surface area contributed by atoms with E-state index >= 15 is 4.39 Å². The van der Waals surface area contributed by atoms with Gasteiger partial charge in [-0.15, -0.1) is 0 Å². The first-order valence-electron chi connectivity index (χ1n) is 28.5. The van der Waals surface area contributed by atoms with Crippen LogP contribution in [0.2, 0.25) is 0 Å². The van der Waals surface area contributed by atoms with Crippen LogP contribution in [0, 0.1) is 16.6 Å². The van der Waals surface area contributed by atoms with Gasteiger partial charge in [0, 0.05) is 119 Å². The highest BCUT2D eigenvalue weighted by Crippen LogP contribution is 2.53. The first kappa shape index (κ1) is 51.7. The number of halogens is 1. The summed E-state index contributed by atoms with van der Waals surface area (Å²) < 4.78 is 41.4. The number of ether oxygens (including phenoxy) is 4. The Kier molecular flexibility index (Phi) is 13.0. The number of anilines is 2. The van der Waals surface area contributed by atoms with E-state index in [2.05, 4.69) is 44.0 Å². The molecule has 2 saturated carbocycles. The Morgan fingerprint density at radius 3 is 2.37 bits per heavy atom. The van der Waals surface area contributed by atoms with Crippen molar-refractivity contribution in [2.75, 3.05) is 89.2 Å². The molecule has 416 valence electrons. The number of amides is 4. The van der Waals surface area contributed by atoms with Gasteiger partial charge in [0.25, 0.3) is 5.91 Å². The van der Waals surface area contributed by atoms with Gasteiger partial charge in [0.1, 0.15) is 34.4 Å². The number of benzene rings is 3. The number of piperazine rings is 2. The second-order valence-corrected chi connectivity index (χ2v) is 24.8. The number of nitrogens with zero attached hydrogens (tertiary/aromatic N) is 9. The van der Waals surface area contributed by atoms with E-state index in [4.69, 9.17) is 33.9 Å². The fraction of sp³-hybridized carbons (Fsp3) is 0.550. The smallest absolute Gasteiger partial charge is 0.410 e. The van der Waals surface area contributed by atoms with E-state index in [1.807, 2.05) is 62.1 Å². The number of piperidine rings is 1. The van der Waals surface area contributed by atoms with Crippen molar-refractivity contribution in [2.24, 2.45) is 10.8 Å². The number of imide groups is 1. The topological polar surface area (TPSA) is 175 Å². The van der Waals surface area contributed by atoms with Crippen molar-refractivity contribution in [2.45, 2.75) is 122 Å². The highest BCUT2D eigenvalue weighted by Gasteiger charge is 2.55. The van der Waals surface area contributed by atoms with Gasteiger partial charge in [-0.05, 0) is 124 Å². The number of hydrogen-bond acceptors (Lipinski definition) is 15. The predicted octanol–water partition coefficient (Wildman–Crippen LogP) is 7.32. The number of carbonyl (C=O) groups excluding carboxylic acids is 4. The summed E-state index contributed by atoms with van der Waals surface area (Å²) in [4.78, 5) is 79.3. The number of fused-ring (bicyclic) bond motifs is 5. The Hall–Kier alpha value is -6.70. The number of pyridine rings is 1. The quantitative estimate of drug-likeness (QED) is 0.0864. The summed E-state index contributed by atoms with van der Waals surface area (Å²) in [6.07, 6.45) is 8.80. The van der Waals surface area contributed by atoms with Gasteiger partial charge in [-0.1, -0.05) is 25.1 Å². The van der Waals surface area contributed by atoms with Crippen molar-refractivity contribution < 1.29 is 42.5 Å². The van der Waals surface area contributed by atoms with E-state index in [-0.39, 0.29) is 71.7 Å². The molecule has 8 heterocycles. The highest BCUT2D eigenvalue weighted by molar-refractivity contribution is 6.06. The lowest BCUT2D eigenvalue weighted by Crippen LogP contribution is -2.68. The lowest BCUT2D eigenvalue weighted by atomic mass is 9.60. The molecule has 8 aliphatic rings. The van der Waals surface area contributed by atoms with Crippen LogP contribution < -0.4 is 24.6 Å². The van der Waals surface area contributed by atoms with Crippen molar-refractivity contribution in [3.63, 3.8) is 0 Å². The van der Waals surface area contributed by atoms with Crippen LogP contribution in [0.25, 0.3) is 32.9 Å². The first-order valence-corrected chi connectivity index (χ1v) is 28.5. The summed E-state index contributed by atoms with van der Waals surface area (Å²) in [5.41, 5.74) is 4.31. The summed E-state index contributed by atoms with van der Waals surface area (Å²) in [5.74, 6) is -0.293. The summed E-state index contributed by atoms with van der Waals surface area (Å²) in [6.45, 7) is 16.5. The fourth-order valence-electron chi connectivity index (χ4n) is 14.0. The van der Waals surface area contributed by atoms with Gasteiger partial charge >= 0.3 is 12.1 Å². The molecule has 79 heavy (non-hydrogen) atoms. The molecule has 5 saturated heterocycles. The monoisotopic (exact) mass is 1080 g/mol. The first-order chi connectivity index (χ1) is 38.1. The number of methoxy groups -OCH3 is 1. The number of hydrogen-bond donors (Lipinski definition) is 1. The normalized spacial score (nSPS) is 23.8. The molecule has 1 N–H and O–H groups in total. The lowest BCUT2D eigenvalue weighted by molar-refractivity contribution is -0.136. The van der Waals surface area contributed by atoms with Gasteiger partial charge in [-0.2, -0.15) is 9.97 Å². The zero-order valence-corrected chi connectivity index (χ0v) is 46.0. The van der Waals surface area contributed by atoms with Gasteiger partial charge in [-0.25, -0.2) is 9.18 Å². The van der Waals surface area contributed by atoms with Crippen LogP contribution in [0.4, 0.5) is 20.7 Å². The Morgan fingerprint density at radius 1 is 0.886 bits per heavy atom. The van der Waals surface area contributed by atoms with Crippen LogP contribution >= 0.6 is 0 Å². The zero-order valence-electron chi connectivity index (χ0n) is 46.0. The molecule has 19 heteroatoms. The minimum absolute atomic E-state index is 0.0374. The molecule has 0 radical (unpaired) electrons. The highest BCUT2D eigenvalue weighted by atomic mass is 19.1. The molecule has 5 aromatic rings. The molecular formula is C60H71FN10O8. The molecule has 4 amide bonds. The molecule has 2 bridgehead atoms. The molecule has 3 unspecified atom stereocenters. The molecule has 1 spiro atoms. The number of aryl methyl sites for hydroxylation is 1. The van der Waals surface area contributed by atoms with Crippen molar-refractivity contribution in [3.05, 3.63) is 77.2 Å². The molecule has 2 aromatic heterocycles. The third-order valence-corrected chi connectivity index (χ3v) is 18.3. The van der Waals surface area contributed by atoms with Crippen LogP contribution in [0.3, 0.4) is 0 Å². The molecular weight excluding hydrogens is 1010 g/mol. The molecule has 13 rings (SSSR count). The van der Waals surface area contributed by atoms with Crippen LogP contribution in [0.5, 0.6) is 11.8 Å². The van der Waals surface area contributed by atoms with Crippen LogP contribution in [-0.2, 0) is 32.0 Å². The Morgan fingerprint density at radius 2 is 1.66 bits per heavy atom. The maximum Gasteiger partial charge on any atom is 0.410 e. The summed E-state index contributed by atoms with van der Waals surface area (Å²) in [7, 11) is 1.57. The molecule has 3 aromatic carbocycles. The van der Waals surface area contributed by atoms with Gasteiger partial charge < -0.3 is 38.5 Å². The SMILES string of the molecule is CCc1cccc2cc(OCOC)cc(-c3ncc4c(N5CC6CCC(C5)N6C(=O)OC(C)(C)C)nc(OCC5(CN6CCN(C7CC8(C7)CN(c7ccc9c(c7)CN(C7CCC(=O)NC7=O)C9=O)C8)CC6)CC5)nc4c3F)c12. The Balaban J connectivity index is 0.676. The predicted molar refractivity (Wildman–Crippen MR) is 295 cm³/mol. The third kappa shape index (κ3) is 9.66. The van der Waals surface area contributed by atoms with Gasteiger partial charge in [0.05, 0.1) is 24.1 Å². The van der Waals surface area contributed by atoms with Crippen molar-refractivity contribution in [1.82, 2.24) is 39.9 Å². The molecule has 18 nitrogen and oxygen atoms in total. The van der Waals surface area contributed by atoms with Crippen molar-refractivity contribution in [3.8, 4) is 23.0 Å². The van der Waals surface area contributed by atoms with Crippen LogP contribution in [-0.4, -0.2) is 168 Å². The van der Waals surface area contributed by atoms with Crippen LogP contribution in [0.1, 0.15) is 101 Å².